The summed E-state index contributed by atoms with van der Waals surface area (Å²) in [4.78, 5) is 26.7. The highest BCUT2D eigenvalue weighted by Crippen LogP contribution is 2.13. The highest BCUT2D eigenvalue weighted by atomic mass is 79.9. The minimum absolute atomic E-state index is 0.0290. The van der Waals surface area contributed by atoms with Gasteiger partial charge in [-0.05, 0) is 73.6 Å². The smallest absolute Gasteiger partial charge is 0.257 e. The zero-order valence-electron chi connectivity index (χ0n) is 16.0. The third-order valence-electron chi connectivity index (χ3n) is 4.00. The number of benzene rings is 2. The Kier molecular flexibility index (Phi) is 8.60. The molecule has 28 heavy (non-hydrogen) atoms. The lowest BCUT2D eigenvalue weighted by Crippen LogP contribution is -2.34. The molecular formula is C21H24BrN3O2S. The van der Waals surface area contributed by atoms with Crippen LogP contribution in [0.25, 0.3) is 0 Å². The molecule has 2 N–H and O–H groups in total. The molecule has 2 amide bonds. The summed E-state index contributed by atoms with van der Waals surface area (Å²) < 4.78 is 0.899. The molecule has 0 aliphatic heterocycles. The third-order valence-corrected chi connectivity index (χ3v) is 4.73. The van der Waals surface area contributed by atoms with Crippen LogP contribution in [0.1, 0.15) is 47.4 Å². The van der Waals surface area contributed by atoms with Crippen LogP contribution < -0.4 is 10.6 Å². The average molecular weight is 462 g/mol. The van der Waals surface area contributed by atoms with E-state index in [1.165, 1.54) is 0 Å². The Hall–Kier alpha value is -2.25. The van der Waals surface area contributed by atoms with Gasteiger partial charge < -0.3 is 10.2 Å². The van der Waals surface area contributed by atoms with Crippen molar-refractivity contribution < 1.29 is 9.59 Å². The molecule has 0 saturated heterocycles. The molecule has 0 heterocycles. The summed E-state index contributed by atoms with van der Waals surface area (Å²) in [6.07, 6.45) is 1.86. The zero-order chi connectivity index (χ0) is 20.5. The van der Waals surface area contributed by atoms with Gasteiger partial charge in [-0.1, -0.05) is 29.8 Å². The molecule has 7 heteroatoms. The molecule has 0 aliphatic carbocycles. The molecule has 0 aliphatic rings. The lowest BCUT2D eigenvalue weighted by molar-refractivity contribution is 0.0755. The van der Waals surface area contributed by atoms with Crippen LogP contribution >= 0.6 is 28.1 Å². The van der Waals surface area contributed by atoms with Gasteiger partial charge in [0.25, 0.3) is 11.8 Å². The van der Waals surface area contributed by atoms with Crippen molar-refractivity contribution in [2.45, 2.75) is 26.7 Å². The molecule has 148 valence electrons. The van der Waals surface area contributed by atoms with Crippen molar-refractivity contribution in [2.24, 2.45) is 0 Å². The van der Waals surface area contributed by atoms with Gasteiger partial charge >= 0.3 is 0 Å². The van der Waals surface area contributed by atoms with Gasteiger partial charge in [0.2, 0.25) is 0 Å². The molecule has 2 aromatic rings. The van der Waals surface area contributed by atoms with E-state index in [1.54, 1.807) is 48.5 Å². The van der Waals surface area contributed by atoms with Crippen LogP contribution in [0.3, 0.4) is 0 Å². The second kappa shape index (κ2) is 10.9. The number of anilines is 1. The summed E-state index contributed by atoms with van der Waals surface area (Å²) in [7, 11) is 0. The molecule has 2 rings (SSSR count). The Morgan fingerprint density at radius 2 is 1.46 bits per heavy atom. The quantitative estimate of drug-likeness (QED) is 0.579. The average Bonchev–Trinajstić information content (AvgIpc) is 2.68. The molecule has 0 atom stereocenters. The van der Waals surface area contributed by atoms with Crippen LogP contribution in [0, 0.1) is 0 Å². The van der Waals surface area contributed by atoms with Gasteiger partial charge in [0.05, 0.1) is 0 Å². The Morgan fingerprint density at radius 1 is 0.929 bits per heavy atom. The Labute approximate surface area is 179 Å². The second-order valence-electron chi connectivity index (χ2n) is 6.28. The number of hydrogen-bond donors (Lipinski definition) is 2. The van der Waals surface area contributed by atoms with Crippen LogP contribution in [0.5, 0.6) is 0 Å². The number of thiocarbonyl (C=S) groups is 1. The minimum Gasteiger partial charge on any atom is -0.339 e. The van der Waals surface area contributed by atoms with Crippen molar-refractivity contribution >= 4 is 50.8 Å². The van der Waals surface area contributed by atoms with Gasteiger partial charge in [0.1, 0.15) is 0 Å². The Morgan fingerprint density at radius 3 is 2.00 bits per heavy atom. The van der Waals surface area contributed by atoms with E-state index in [9.17, 15) is 9.59 Å². The molecule has 5 nitrogen and oxygen atoms in total. The van der Waals surface area contributed by atoms with E-state index in [4.69, 9.17) is 12.2 Å². The molecule has 0 radical (unpaired) electrons. The first-order valence-corrected chi connectivity index (χ1v) is 10.4. The van der Waals surface area contributed by atoms with E-state index < -0.39 is 0 Å². The molecule has 2 aromatic carbocycles. The maximum absolute atomic E-state index is 12.6. The number of rotatable bonds is 7. The van der Waals surface area contributed by atoms with Crippen LogP contribution in [0.15, 0.2) is 53.0 Å². The molecular weight excluding hydrogens is 438 g/mol. The first kappa shape index (κ1) is 22.0. The third kappa shape index (κ3) is 6.42. The topological polar surface area (TPSA) is 61.4 Å². The predicted molar refractivity (Wildman–Crippen MR) is 121 cm³/mol. The Balaban J connectivity index is 1.95. The van der Waals surface area contributed by atoms with Gasteiger partial charge in [-0.3, -0.25) is 14.9 Å². The first-order valence-electron chi connectivity index (χ1n) is 9.21. The molecule has 0 spiro atoms. The summed E-state index contributed by atoms with van der Waals surface area (Å²) >= 11 is 8.54. The van der Waals surface area contributed by atoms with Crippen molar-refractivity contribution in [2.75, 3.05) is 18.4 Å². The van der Waals surface area contributed by atoms with Gasteiger partial charge in [0.15, 0.2) is 5.11 Å². The molecule has 0 fully saturated rings. The minimum atomic E-state index is -0.286. The van der Waals surface area contributed by atoms with Gasteiger partial charge in [-0.2, -0.15) is 0 Å². The molecule has 0 saturated carbocycles. The Bertz CT molecular complexity index is 817. The molecule has 0 unspecified atom stereocenters. The van der Waals surface area contributed by atoms with Crippen LogP contribution in [0.2, 0.25) is 0 Å². The highest BCUT2D eigenvalue weighted by Gasteiger charge is 2.14. The van der Waals surface area contributed by atoms with Crippen molar-refractivity contribution in [3.8, 4) is 0 Å². The van der Waals surface area contributed by atoms with E-state index in [0.717, 1.165) is 30.4 Å². The summed E-state index contributed by atoms with van der Waals surface area (Å²) in [5, 5.41) is 5.81. The number of nitrogens with zero attached hydrogens (tertiary/aromatic N) is 1. The summed E-state index contributed by atoms with van der Waals surface area (Å²) in [6.45, 7) is 5.62. The van der Waals surface area contributed by atoms with E-state index >= 15 is 0 Å². The fourth-order valence-electron chi connectivity index (χ4n) is 2.67. The van der Waals surface area contributed by atoms with E-state index in [-0.39, 0.29) is 16.9 Å². The van der Waals surface area contributed by atoms with E-state index in [0.29, 0.717) is 16.8 Å². The van der Waals surface area contributed by atoms with Gasteiger partial charge in [-0.15, -0.1) is 0 Å². The van der Waals surface area contributed by atoms with E-state index in [2.05, 4.69) is 40.4 Å². The van der Waals surface area contributed by atoms with Crippen molar-refractivity contribution in [3.63, 3.8) is 0 Å². The van der Waals surface area contributed by atoms with Crippen LogP contribution in [0.4, 0.5) is 5.69 Å². The SMILES string of the molecule is CCCN(CCC)C(=O)c1ccc(NC(=S)NC(=O)c2ccc(Br)cc2)cc1. The number of carbonyl (C=O) groups is 2. The lowest BCUT2D eigenvalue weighted by atomic mass is 10.1. The van der Waals surface area contributed by atoms with Crippen LogP contribution in [-0.4, -0.2) is 34.9 Å². The van der Waals surface area contributed by atoms with Crippen molar-refractivity contribution in [3.05, 3.63) is 64.1 Å². The van der Waals surface area contributed by atoms with Crippen molar-refractivity contribution in [1.82, 2.24) is 10.2 Å². The fraction of sp³-hybridized carbons (Fsp3) is 0.286. The summed E-state index contributed by atoms with van der Waals surface area (Å²) in [5.74, 6) is -0.257. The maximum atomic E-state index is 12.6. The number of nitrogens with one attached hydrogen (secondary N) is 2. The number of amides is 2. The van der Waals surface area contributed by atoms with Crippen LogP contribution in [-0.2, 0) is 0 Å². The van der Waals surface area contributed by atoms with Gasteiger partial charge in [0, 0.05) is 34.4 Å². The number of halogens is 1. The van der Waals surface area contributed by atoms with Crippen molar-refractivity contribution in [1.29, 1.82) is 0 Å². The standard InChI is InChI=1S/C21H24BrN3O2S/c1-3-13-25(14-4-2)20(27)16-7-11-18(12-8-16)23-21(28)24-19(26)15-5-9-17(22)10-6-15/h5-12H,3-4,13-14H2,1-2H3,(H2,23,24,26,28). The number of hydrogen-bond acceptors (Lipinski definition) is 3. The fourth-order valence-corrected chi connectivity index (χ4v) is 3.15. The normalized spacial score (nSPS) is 10.2. The lowest BCUT2D eigenvalue weighted by Gasteiger charge is -2.21. The highest BCUT2D eigenvalue weighted by molar-refractivity contribution is 9.10. The maximum Gasteiger partial charge on any atom is 0.257 e. The first-order chi connectivity index (χ1) is 13.4. The summed E-state index contributed by atoms with van der Waals surface area (Å²) in [6, 6.07) is 14.1. The molecule has 0 aromatic heterocycles. The van der Waals surface area contributed by atoms with Gasteiger partial charge in [-0.25, -0.2) is 0 Å². The predicted octanol–water partition coefficient (Wildman–Crippen LogP) is 4.84. The summed E-state index contributed by atoms with van der Waals surface area (Å²) in [5.41, 5.74) is 1.85. The zero-order valence-corrected chi connectivity index (χ0v) is 18.4. The largest absolute Gasteiger partial charge is 0.339 e. The number of carbonyl (C=O) groups excluding carboxylic acids is 2. The second-order valence-corrected chi connectivity index (χ2v) is 7.61. The molecule has 0 bridgehead atoms. The monoisotopic (exact) mass is 461 g/mol. The van der Waals surface area contributed by atoms with E-state index in [1.807, 2.05) is 4.90 Å².